The van der Waals surface area contributed by atoms with Crippen LogP contribution in [0.15, 0.2) is 43.0 Å². The number of thiophene rings is 4. The molecule has 0 saturated heterocycles. The lowest BCUT2D eigenvalue weighted by Gasteiger charge is -2.18. The van der Waals surface area contributed by atoms with Gasteiger partial charge in [0.25, 0.3) is 11.8 Å². The molecule has 0 bridgehead atoms. The van der Waals surface area contributed by atoms with Crippen LogP contribution in [0.4, 0.5) is 0 Å². The van der Waals surface area contributed by atoms with Crippen LogP contribution >= 0.6 is 77.2 Å². The molecule has 6 aromatic rings. The summed E-state index contributed by atoms with van der Waals surface area (Å²) in [6, 6.07) is 9.45. The van der Waals surface area contributed by atoms with E-state index in [1.54, 1.807) is 22.7 Å². The third-order valence-corrected chi connectivity index (χ3v) is 22.6. The Morgan fingerprint density at radius 3 is 0.958 bits per heavy atom. The quantitative estimate of drug-likeness (QED) is 0.0472. The third-order valence-electron chi connectivity index (χ3n) is 16.8. The SMILES string of the molecule is CCCCC(CC)CCc1c2cc(C3=C4C(=O)NC(c5cc6c(CCC(CC)CCCC)c7sc(Br)cc7c(CCC(CC)CCCC)c6s5)=C4C(=O)N3)sc2c(CCC(CC)CCCC)c2cc(Br)sc12. The Morgan fingerprint density at radius 1 is 0.403 bits per heavy atom. The molecule has 2 N–H and O–H groups in total. The highest BCUT2D eigenvalue weighted by molar-refractivity contribution is 9.11. The summed E-state index contributed by atoms with van der Waals surface area (Å²) in [6.45, 7) is 18.6. The largest absolute Gasteiger partial charge is 0.320 e. The van der Waals surface area contributed by atoms with Crippen molar-refractivity contribution in [3.63, 3.8) is 0 Å². The van der Waals surface area contributed by atoms with Crippen LogP contribution in [0.2, 0.25) is 0 Å². The Kier molecular flexibility index (Phi) is 20.3. The molecule has 2 aromatic carbocycles. The topological polar surface area (TPSA) is 58.2 Å². The number of carbonyl (C=O) groups excluding carboxylic acids is 2. The van der Waals surface area contributed by atoms with Crippen molar-refractivity contribution in [2.24, 2.45) is 23.7 Å². The van der Waals surface area contributed by atoms with E-state index in [1.165, 1.54) is 199 Å². The molecule has 2 aliphatic rings. The lowest BCUT2D eigenvalue weighted by molar-refractivity contribution is -0.117. The van der Waals surface area contributed by atoms with Crippen LogP contribution in [0.25, 0.3) is 51.7 Å². The van der Waals surface area contributed by atoms with Crippen LogP contribution in [-0.4, -0.2) is 11.8 Å². The van der Waals surface area contributed by atoms with Crippen molar-refractivity contribution in [2.45, 2.75) is 209 Å². The molecule has 0 spiro atoms. The first-order chi connectivity index (χ1) is 35.0. The summed E-state index contributed by atoms with van der Waals surface area (Å²) in [7, 11) is 0. The van der Waals surface area contributed by atoms with E-state index in [-0.39, 0.29) is 11.8 Å². The number of aryl methyl sites for hydroxylation is 4. The molecule has 390 valence electrons. The summed E-state index contributed by atoms with van der Waals surface area (Å²) in [5, 5.41) is 12.1. The van der Waals surface area contributed by atoms with Gasteiger partial charge in [-0.1, -0.05) is 158 Å². The minimum Gasteiger partial charge on any atom is -0.320 e. The monoisotopic (exact) mass is 1170 g/mol. The van der Waals surface area contributed by atoms with Crippen LogP contribution in [0.3, 0.4) is 0 Å². The molecule has 72 heavy (non-hydrogen) atoms. The minimum absolute atomic E-state index is 0.175. The van der Waals surface area contributed by atoms with E-state index in [0.29, 0.717) is 46.2 Å². The number of benzene rings is 2. The average Bonchev–Trinajstić information content (AvgIpc) is 4.25. The van der Waals surface area contributed by atoms with E-state index < -0.39 is 0 Å². The molecule has 0 fully saturated rings. The molecule has 6 heterocycles. The Hall–Kier alpha value is -2.34. The van der Waals surface area contributed by atoms with E-state index in [9.17, 15) is 9.59 Å². The van der Waals surface area contributed by atoms with Crippen molar-refractivity contribution < 1.29 is 9.59 Å². The molecule has 4 atom stereocenters. The second-order valence-electron chi connectivity index (χ2n) is 21.4. The predicted octanol–water partition coefficient (Wildman–Crippen LogP) is 21.0. The van der Waals surface area contributed by atoms with E-state index >= 15 is 0 Å². The summed E-state index contributed by atoms with van der Waals surface area (Å²) in [4.78, 5) is 31.2. The van der Waals surface area contributed by atoms with Gasteiger partial charge in [0.2, 0.25) is 0 Å². The van der Waals surface area contributed by atoms with Crippen LogP contribution < -0.4 is 10.6 Å². The maximum Gasteiger partial charge on any atom is 0.258 e. The standard InChI is InChI=1S/C62H82Br2N2O2S4/c1-9-17-21-37(13-5)25-29-41-45-33-49(69-57(45)43(47-35-51(63)71-59(41)47)31-27-39(15-7)23-19-11-3)55-53-54(62(68)65-55)56(66-61(53)67)50-34-46-42(30-26-38(14-6)22-18-10-2)60-48(36-52(64)72-60)44(58(46)70-50)32-28-40(16-8)24-20-12-4/h33-40H,9-32H2,1-8H3,(H,65,68)(H,66,67). The molecule has 10 heteroatoms. The highest BCUT2D eigenvalue weighted by Gasteiger charge is 2.42. The van der Waals surface area contributed by atoms with Crippen molar-refractivity contribution in [2.75, 3.05) is 0 Å². The average molecular weight is 1180 g/mol. The smallest absolute Gasteiger partial charge is 0.258 e. The zero-order valence-electron chi connectivity index (χ0n) is 44.8. The molecule has 8 rings (SSSR count). The number of nitrogens with one attached hydrogen (secondary N) is 2. The van der Waals surface area contributed by atoms with Crippen molar-refractivity contribution in [1.82, 2.24) is 10.6 Å². The molecular formula is C62H82Br2N2O2S4. The van der Waals surface area contributed by atoms with Gasteiger partial charge in [-0.05, 0) is 175 Å². The number of rotatable bonds is 30. The molecule has 0 radical (unpaired) electrons. The molecule has 2 aliphatic heterocycles. The van der Waals surface area contributed by atoms with Crippen molar-refractivity contribution >= 4 is 141 Å². The van der Waals surface area contributed by atoms with Crippen LogP contribution in [0.5, 0.6) is 0 Å². The first kappa shape index (κ1) is 55.9. The van der Waals surface area contributed by atoms with Crippen molar-refractivity contribution in [3.05, 3.63) is 75.0 Å². The molecule has 0 aliphatic carbocycles. The van der Waals surface area contributed by atoms with Gasteiger partial charge in [0.05, 0.1) is 39.9 Å². The fourth-order valence-electron chi connectivity index (χ4n) is 12.2. The number of amides is 2. The molecule has 4 nitrogen and oxygen atoms in total. The van der Waals surface area contributed by atoms with Gasteiger partial charge in [-0.25, -0.2) is 0 Å². The van der Waals surface area contributed by atoms with E-state index in [0.717, 1.165) is 35.4 Å². The summed E-state index contributed by atoms with van der Waals surface area (Å²) < 4.78 is 7.86. The zero-order valence-corrected chi connectivity index (χ0v) is 51.2. The first-order valence-corrected chi connectivity index (χ1v) is 33.3. The lowest BCUT2D eigenvalue weighted by Crippen LogP contribution is -2.20. The second kappa shape index (κ2) is 26.1. The van der Waals surface area contributed by atoms with E-state index in [1.807, 2.05) is 22.7 Å². The fourth-order valence-corrected chi connectivity index (χ4v) is 18.1. The van der Waals surface area contributed by atoms with Gasteiger partial charge in [-0.3, -0.25) is 9.59 Å². The Labute approximate surface area is 465 Å². The fraction of sp³-hybridized carbons (Fsp3) is 0.581. The van der Waals surface area contributed by atoms with Gasteiger partial charge in [0.1, 0.15) is 0 Å². The zero-order chi connectivity index (χ0) is 51.1. The summed E-state index contributed by atoms with van der Waals surface area (Å²) in [5.41, 5.74) is 8.13. The maximum absolute atomic E-state index is 14.6. The predicted molar refractivity (Wildman–Crippen MR) is 326 cm³/mol. The highest BCUT2D eigenvalue weighted by Crippen LogP contribution is 2.50. The van der Waals surface area contributed by atoms with Crippen LogP contribution in [-0.2, 0) is 35.3 Å². The van der Waals surface area contributed by atoms with Gasteiger partial charge >= 0.3 is 0 Å². The minimum atomic E-state index is -0.175. The van der Waals surface area contributed by atoms with E-state index in [2.05, 4.69) is 122 Å². The van der Waals surface area contributed by atoms with Gasteiger partial charge in [0.15, 0.2) is 0 Å². The van der Waals surface area contributed by atoms with Gasteiger partial charge < -0.3 is 10.6 Å². The number of hydrogen-bond donors (Lipinski definition) is 2. The lowest BCUT2D eigenvalue weighted by atomic mass is 9.88. The maximum atomic E-state index is 14.6. The van der Waals surface area contributed by atoms with Gasteiger partial charge in [-0.2, -0.15) is 0 Å². The molecule has 2 amide bonds. The Bertz CT molecular complexity index is 2580. The third kappa shape index (κ3) is 12.1. The van der Waals surface area contributed by atoms with Crippen molar-refractivity contribution in [1.29, 1.82) is 0 Å². The van der Waals surface area contributed by atoms with Crippen LogP contribution in [0.1, 0.15) is 216 Å². The van der Waals surface area contributed by atoms with Crippen LogP contribution in [0, 0.1) is 23.7 Å². The van der Waals surface area contributed by atoms with Gasteiger partial charge in [-0.15, -0.1) is 45.3 Å². The Balaban J connectivity index is 1.26. The van der Waals surface area contributed by atoms with Gasteiger partial charge in [0, 0.05) is 18.8 Å². The normalized spacial score (nSPS) is 15.8. The number of halogens is 2. The van der Waals surface area contributed by atoms with E-state index in [4.69, 9.17) is 0 Å². The second-order valence-corrected chi connectivity index (χ2v) is 28.4. The first-order valence-electron chi connectivity index (χ1n) is 28.4. The summed E-state index contributed by atoms with van der Waals surface area (Å²) >= 11 is 15.2. The summed E-state index contributed by atoms with van der Waals surface area (Å²) in [6.07, 6.45) is 28.8. The van der Waals surface area contributed by atoms with Crippen molar-refractivity contribution in [3.8, 4) is 0 Å². The number of carbonyl (C=O) groups is 2. The number of hydrogen-bond acceptors (Lipinski definition) is 6. The number of unbranched alkanes of at least 4 members (excludes halogenated alkanes) is 4. The number of fused-ring (bicyclic) bond motifs is 5. The molecular weight excluding hydrogens is 1090 g/mol. The molecule has 4 unspecified atom stereocenters. The molecule has 0 saturated carbocycles. The Morgan fingerprint density at radius 2 is 0.681 bits per heavy atom. The highest BCUT2D eigenvalue weighted by atomic mass is 79.9. The molecule has 4 aromatic heterocycles. The summed E-state index contributed by atoms with van der Waals surface area (Å²) in [5.74, 6) is 2.44.